The van der Waals surface area contributed by atoms with E-state index in [0.717, 1.165) is 29.6 Å². The van der Waals surface area contributed by atoms with Crippen LogP contribution < -0.4 is 10.6 Å². The number of aliphatic imine (C=N–C) groups is 1. The molecule has 0 saturated carbocycles. The fourth-order valence-corrected chi connectivity index (χ4v) is 4.35. The molecule has 2 aliphatic heterocycles. The molecule has 2 N–H and O–H groups in total. The molecule has 8 heteroatoms. The first-order chi connectivity index (χ1) is 13.1. The number of carbonyl (C=O) groups is 2. The van der Waals surface area contributed by atoms with Gasteiger partial charge >= 0.3 is 6.03 Å². The van der Waals surface area contributed by atoms with Gasteiger partial charge in [-0.15, -0.1) is 0 Å². The molecule has 0 bridgehead atoms. The summed E-state index contributed by atoms with van der Waals surface area (Å²) in [7, 11) is 0. The van der Waals surface area contributed by atoms with Crippen LogP contribution in [0.15, 0.2) is 53.5 Å². The third-order valence-electron chi connectivity index (χ3n) is 4.40. The Morgan fingerprint density at radius 2 is 2.04 bits per heavy atom. The van der Waals surface area contributed by atoms with Gasteiger partial charge in [0.15, 0.2) is 5.17 Å². The zero-order valence-corrected chi connectivity index (χ0v) is 15.9. The zero-order chi connectivity index (χ0) is 18.8. The van der Waals surface area contributed by atoms with Crippen molar-refractivity contribution in [3.63, 3.8) is 0 Å². The molecule has 6 nitrogen and oxygen atoms in total. The van der Waals surface area contributed by atoms with Crippen LogP contribution in [0.2, 0.25) is 5.02 Å². The van der Waals surface area contributed by atoms with Crippen LogP contribution in [0.3, 0.4) is 0 Å². The summed E-state index contributed by atoms with van der Waals surface area (Å²) in [6.45, 7) is 1.90. The molecule has 4 rings (SSSR count). The Morgan fingerprint density at radius 3 is 2.85 bits per heavy atom. The Labute approximate surface area is 166 Å². The molecular weight excluding hydrogens is 384 g/mol. The van der Waals surface area contributed by atoms with E-state index in [-0.39, 0.29) is 11.6 Å². The topological polar surface area (TPSA) is 73.8 Å². The molecule has 2 aromatic rings. The number of hydrogen-bond donors (Lipinski definition) is 2. The maximum absolute atomic E-state index is 12.2. The highest BCUT2D eigenvalue weighted by Gasteiger charge is 2.30. The largest absolute Gasteiger partial charge is 0.348 e. The van der Waals surface area contributed by atoms with Gasteiger partial charge in [-0.25, -0.2) is 4.79 Å². The molecule has 0 aromatic heterocycles. The molecule has 2 aromatic carbocycles. The molecule has 0 aliphatic carbocycles. The molecule has 2 heterocycles. The van der Waals surface area contributed by atoms with Crippen molar-refractivity contribution in [2.45, 2.75) is 6.04 Å². The minimum atomic E-state index is -0.606. The van der Waals surface area contributed by atoms with Crippen LogP contribution in [-0.4, -0.2) is 40.8 Å². The average Bonchev–Trinajstić information content (AvgIpc) is 3.24. The SMILES string of the molecule is O=C(NC(=O)c1ccccc1Cl)Nc1cccc(C2CN3CCSC3=N2)c1. The Bertz CT molecular complexity index is 933. The van der Waals surface area contributed by atoms with Crippen molar-refractivity contribution < 1.29 is 9.59 Å². The second-order valence-corrected chi connectivity index (χ2v) is 7.70. The summed E-state index contributed by atoms with van der Waals surface area (Å²) in [5.41, 5.74) is 1.90. The minimum absolute atomic E-state index is 0.0716. The van der Waals surface area contributed by atoms with E-state index in [1.807, 2.05) is 18.2 Å². The van der Waals surface area contributed by atoms with Gasteiger partial charge in [0, 0.05) is 24.5 Å². The van der Waals surface area contributed by atoms with Crippen LogP contribution >= 0.6 is 23.4 Å². The molecule has 1 saturated heterocycles. The third kappa shape index (κ3) is 3.94. The summed E-state index contributed by atoms with van der Waals surface area (Å²) < 4.78 is 0. The Morgan fingerprint density at radius 1 is 1.19 bits per heavy atom. The average molecular weight is 401 g/mol. The second kappa shape index (κ2) is 7.62. The first kappa shape index (κ1) is 17.9. The number of rotatable bonds is 3. The smallest absolute Gasteiger partial charge is 0.326 e. The molecule has 27 heavy (non-hydrogen) atoms. The van der Waals surface area contributed by atoms with Gasteiger partial charge in [-0.1, -0.05) is 47.6 Å². The number of nitrogens with one attached hydrogen (secondary N) is 2. The fourth-order valence-electron chi connectivity index (χ4n) is 3.09. The van der Waals surface area contributed by atoms with Crippen molar-refractivity contribution in [1.29, 1.82) is 0 Å². The number of amidine groups is 1. The number of hydrogen-bond acceptors (Lipinski definition) is 5. The lowest BCUT2D eigenvalue weighted by Gasteiger charge is -2.14. The molecule has 0 radical (unpaired) electrons. The number of anilines is 1. The first-order valence-electron chi connectivity index (χ1n) is 8.52. The van der Waals surface area contributed by atoms with Crippen molar-refractivity contribution in [3.8, 4) is 0 Å². The number of fused-ring (bicyclic) bond motifs is 1. The highest BCUT2D eigenvalue weighted by Crippen LogP contribution is 2.33. The van der Waals surface area contributed by atoms with Crippen molar-refractivity contribution in [1.82, 2.24) is 10.2 Å². The highest BCUT2D eigenvalue weighted by atomic mass is 35.5. The summed E-state index contributed by atoms with van der Waals surface area (Å²) in [4.78, 5) is 31.4. The normalized spacial score (nSPS) is 18.0. The van der Waals surface area contributed by atoms with Gasteiger partial charge in [0.2, 0.25) is 0 Å². The van der Waals surface area contributed by atoms with E-state index in [0.29, 0.717) is 10.7 Å². The van der Waals surface area contributed by atoms with E-state index in [4.69, 9.17) is 16.6 Å². The van der Waals surface area contributed by atoms with Crippen LogP contribution in [0.25, 0.3) is 0 Å². The Balaban J connectivity index is 1.41. The van der Waals surface area contributed by atoms with Crippen molar-refractivity contribution in [2.75, 3.05) is 24.2 Å². The van der Waals surface area contributed by atoms with Crippen LogP contribution in [0.1, 0.15) is 22.0 Å². The van der Waals surface area contributed by atoms with Gasteiger partial charge in [-0.2, -0.15) is 0 Å². The second-order valence-electron chi connectivity index (χ2n) is 6.24. The van der Waals surface area contributed by atoms with E-state index in [9.17, 15) is 9.59 Å². The number of amides is 3. The van der Waals surface area contributed by atoms with Crippen molar-refractivity contribution in [2.24, 2.45) is 4.99 Å². The Hall–Kier alpha value is -2.51. The monoisotopic (exact) mass is 400 g/mol. The van der Waals surface area contributed by atoms with Gasteiger partial charge in [0.1, 0.15) is 0 Å². The number of nitrogens with zero attached hydrogens (tertiary/aromatic N) is 2. The van der Waals surface area contributed by atoms with Gasteiger partial charge in [-0.3, -0.25) is 15.1 Å². The van der Waals surface area contributed by atoms with E-state index >= 15 is 0 Å². The molecule has 2 aliphatic rings. The lowest BCUT2D eigenvalue weighted by atomic mass is 10.1. The number of benzene rings is 2. The van der Waals surface area contributed by atoms with E-state index in [1.165, 1.54) is 0 Å². The van der Waals surface area contributed by atoms with Crippen LogP contribution in [-0.2, 0) is 0 Å². The fraction of sp³-hybridized carbons (Fsp3) is 0.211. The van der Waals surface area contributed by atoms with Gasteiger partial charge in [0.05, 0.1) is 16.6 Å². The molecule has 1 unspecified atom stereocenters. The van der Waals surface area contributed by atoms with Gasteiger partial charge in [0.25, 0.3) is 5.91 Å². The highest BCUT2D eigenvalue weighted by molar-refractivity contribution is 8.14. The molecule has 1 atom stereocenters. The maximum atomic E-state index is 12.2. The summed E-state index contributed by atoms with van der Waals surface area (Å²) in [5.74, 6) is 0.543. The number of halogens is 1. The molecule has 1 fully saturated rings. The number of thioether (sulfide) groups is 1. The molecular formula is C19H17ClN4O2S. The van der Waals surface area contributed by atoms with E-state index in [2.05, 4.69) is 15.5 Å². The predicted octanol–water partition coefficient (Wildman–Crippen LogP) is 3.76. The minimum Gasteiger partial charge on any atom is -0.348 e. The predicted molar refractivity (Wildman–Crippen MR) is 109 cm³/mol. The van der Waals surface area contributed by atoms with Crippen molar-refractivity contribution >= 4 is 46.2 Å². The van der Waals surface area contributed by atoms with E-state index < -0.39 is 11.9 Å². The number of carbonyl (C=O) groups excluding carboxylic acids is 2. The van der Waals surface area contributed by atoms with Crippen LogP contribution in [0.4, 0.5) is 10.5 Å². The molecule has 138 valence electrons. The number of urea groups is 1. The lowest BCUT2D eigenvalue weighted by molar-refractivity contribution is 0.0967. The zero-order valence-electron chi connectivity index (χ0n) is 14.3. The summed E-state index contributed by atoms with van der Waals surface area (Å²) in [5, 5.41) is 6.38. The Kier molecular flexibility index (Phi) is 5.05. The third-order valence-corrected chi connectivity index (χ3v) is 5.74. The molecule has 3 amide bonds. The molecule has 0 spiro atoms. The van der Waals surface area contributed by atoms with E-state index in [1.54, 1.807) is 42.1 Å². The van der Waals surface area contributed by atoms with Crippen LogP contribution in [0, 0.1) is 0 Å². The lowest BCUT2D eigenvalue weighted by Crippen LogP contribution is -2.34. The van der Waals surface area contributed by atoms with Gasteiger partial charge < -0.3 is 10.2 Å². The first-order valence-corrected chi connectivity index (χ1v) is 9.89. The summed E-state index contributed by atoms with van der Waals surface area (Å²) in [6.07, 6.45) is 0. The standard InChI is InChI=1S/C19H17ClN4O2S/c20-15-7-2-1-6-14(15)17(25)23-18(26)21-13-5-3-4-12(10-13)16-11-24-8-9-27-19(24)22-16/h1-7,10,16H,8-9,11H2,(H2,21,23,25,26). The van der Waals surface area contributed by atoms with Gasteiger partial charge in [-0.05, 0) is 29.8 Å². The maximum Gasteiger partial charge on any atom is 0.326 e. The quantitative estimate of drug-likeness (QED) is 0.822. The number of imide groups is 1. The van der Waals surface area contributed by atoms with Crippen LogP contribution in [0.5, 0.6) is 0 Å². The summed E-state index contributed by atoms with van der Waals surface area (Å²) >= 11 is 7.77. The summed E-state index contributed by atoms with van der Waals surface area (Å²) in [6, 6.07) is 13.6. The van der Waals surface area contributed by atoms with Crippen molar-refractivity contribution in [3.05, 3.63) is 64.7 Å².